The van der Waals surface area contributed by atoms with Gasteiger partial charge in [-0.3, -0.25) is 9.69 Å². The topological polar surface area (TPSA) is 41.6 Å². The lowest BCUT2D eigenvalue weighted by molar-refractivity contribution is -0.122. The van der Waals surface area contributed by atoms with E-state index in [1.807, 2.05) is 31.2 Å². The molecule has 1 amide bonds. The number of ether oxygens (including phenoxy) is 1. The zero-order valence-electron chi connectivity index (χ0n) is 15.3. The number of halogens is 2. The minimum absolute atomic E-state index is 0.115. The number of carbonyl (C=O) groups excluding carboxylic acids is 1. The second-order valence-electron chi connectivity index (χ2n) is 6.21. The zero-order valence-corrected chi connectivity index (χ0v) is 15.3. The van der Waals surface area contributed by atoms with Gasteiger partial charge in [-0.2, -0.15) is 0 Å². The standard InChI is InChI=1S/C20H24F2N2O2/c1-14(16-6-9-18(21)19(22)12-16)24(2)13-20(25)23-11-10-15-4-7-17(26-3)8-5-15/h4-9,12,14H,10-11,13H2,1-3H3,(H,23,25). The predicted octanol–water partition coefficient (Wildman–Crippen LogP) is 3.33. The molecule has 2 rings (SSSR count). The van der Waals surface area contributed by atoms with Crippen LogP contribution in [0.1, 0.15) is 24.1 Å². The minimum atomic E-state index is -0.883. The second kappa shape index (κ2) is 9.29. The third-order valence-corrected chi connectivity index (χ3v) is 4.38. The van der Waals surface area contributed by atoms with Gasteiger partial charge in [0.1, 0.15) is 5.75 Å². The Labute approximate surface area is 152 Å². The lowest BCUT2D eigenvalue weighted by atomic mass is 10.1. The SMILES string of the molecule is COc1ccc(CCNC(=O)CN(C)C(C)c2ccc(F)c(F)c2)cc1. The summed E-state index contributed by atoms with van der Waals surface area (Å²) in [6, 6.07) is 11.3. The summed E-state index contributed by atoms with van der Waals surface area (Å²) in [5.74, 6) is -1.08. The van der Waals surface area contributed by atoms with Crippen molar-refractivity contribution in [3.63, 3.8) is 0 Å². The number of rotatable bonds is 8. The largest absolute Gasteiger partial charge is 0.497 e. The van der Waals surface area contributed by atoms with Crippen molar-refractivity contribution in [1.29, 1.82) is 0 Å². The first-order valence-electron chi connectivity index (χ1n) is 8.45. The van der Waals surface area contributed by atoms with Gasteiger partial charge in [0.05, 0.1) is 13.7 Å². The van der Waals surface area contributed by atoms with Crippen LogP contribution in [0.15, 0.2) is 42.5 Å². The average molecular weight is 362 g/mol. The van der Waals surface area contributed by atoms with Gasteiger partial charge in [-0.25, -0.2) is 8.78 Å². The summed E-state index contributed by atoms with van der Waals surface area (Å²) in [4.78, 5) is 13.9. The van der Waals surface area contributed by atoms with Crippen LogP contribution in [0.4, 0.5) is 8.78 Å². The molecule has 0 fully saturated rings. The van der Waals surface area contributed by atoms with Crippen molar-refractivity contribution in [2.45, 2.75) is 19.4 Å². The third kappa shape index (κ3) is 5.52. The van der Waals surface area contributed by atoms with Crippen LogP contribution in [0.5, 0.6) is 5.75 Å². The number of methoxy groups -OCH3 is 1. The highest BCUT2D eigenvalue weighted by Crippen LogP contribution is 2.20. The number of hydrogen-bond acceptors (Lipinski definition) is 3. The monoisotopic (exact) mass is 362 g/mol. The second-order valence-corrected chi connectivity index (χ2v) is 6.21. The maximum absolute atomic E-state index is 13.4. The van der Waals surface area contributed by atoms with Crippen molar-refractivity contribution >= 4 is 5.91 Å². The van der Waals surface area contributed by atoms with Gasteiger partial charge < -0.3 is 10.1 Å². The molecule has 0 spiro atoms. The van der Waals surface area contributed by atoms with Gasteiger partial charge >= 0.3 is 0 Å². The van der Waals surface area contributed by atoms with E-state index in [2.05, 4.69) is 5.32 Å². The first kappa shape index (κ1) is 19.8. The van der Waals surface area contributed by atoms with E-state index in [1.165, 1.54) is 6.07 Å². The van der Waals surface area contributed by atoms with Crippen molar-refractivity contribution in [3.8, 4) is 5.75 Å². The molecule has 2 aromatic carbocycles. The summed E-state index contributed by atoms with van der Waals surface area (Å²) in [5, 5.41) is 2.87. The third-order valence-electron chi connectivity index (χ3n) is 4.38. The van der Waals surface area contributed by atoms with Gasteiger partial charge in [0.25, 0.3) is 0 Å². The Bertz CT molecular complexity index is 735. The quantitative estimate of drug-likeness (QED) is 0.783. The molecule has 0 aromatic heterocycles. The molecule has 0 aliphatic heterocycles. The summed E-state index contributed by atoms with van der Waals surface area (Å²) in [5.41, 5.74) is 1.73. The molecule has 0 saturated carbocycles. The van der Waals surface area contributed by atoms with Crippen LogP contribution >= 0.6 is 0 Å². The van der Waals surface area contributed by atoms with E-state index in [4.69, 9.17) is 4.74 Å². The molecule has 0 aliphatic carbocycles. The van der Waals surface area contributed by atoms with Crippen molar-refractivity contribution in [2.24, 2.45) is 0 Å². The lowest BCUT2D eigenvalue weighted by Crippen LogP contribution is -2.37. The zero-order chi connectivity index (χ0) is 19.1. The molecular formula is C20H24F2N2O2. The molecule has 140 valence electrons. The van der Waals surface area contributed by atoms with E-state index in [-0.39, 0.29) is 18.5 Å². The van der Waals surface area contributed by atoms with Crippen molar-refractivity contribution in [1.82, 2.24) is 10.2 Å². The minimum Gasteiger partial charge on any atom is -0.497 e. The molecule has 1 atom stereocenters. The van der Waals surface area contributed by atoms with Crippen LogP contribution < -0.4 is 10.1 Å². The predicted molar refractivity (Wildman–Crippen MR) is 97.1 cm³/mol. The summed E-state index contributed by atoms with van der Waals surface area (Å²) in [6.45, 7) is 2.54. The van der Waals surface area contributed by atoms with Crippen LogP contribution in [0.3, 0.4) is 0 Å². The number of nitrogens with zero attached hydrogens (tertiary/aromatic N) is 1. The van der Waals surface area contributed by atoms with E-state index in [1.54, 1.807) is 19.1 Å². The van der Waals surface area contributed by atoms with Gasteiger partial charge in [-0.1, -0.05) is 18.2 Å². The van der Waals surface area contributed by atoms with Crippen molar-refractivity contribution in [3.05, 3.63) is 65.2 Å². The number of hydrogen-bond donors (Lipinski definition) is 1. The summed E-state index contributed by atoms with van der Waals surface area (Å²) in [6.07, 6.45) is 0.720. The highest BCUT2D eigenvalue weighted by atomic mass is 19.2. The number of benzene rings is 2. The van der Waals surface area contributed by atoms with Gasteiger partial charge in [0.15, 0.2) is 11.6 Å². The Morgan fingerprint density at radius 3 is 2.46 bits per heavy atom. The molecule has 0 radical (unpaired) electrons. The highest BCUT2D eigenvalue weighted by Gasteiger charge is 2.16. The Kier molecular flexibility index (Phi) is 7.09. The lowest BCUT2D eigenvalue weighted by Gasteiger charge is -2.24. The fraction of sp³-hybridized carbons (Fsp3) is 0.350. The number of amides is 1. The van der Waals surface area contributed by atoms with Crippen LogP contribution in [-0.2, 0) is 11.2 Å². The Morgan fingerprint density at radius 2 is 1.85 bits per heavy atom. The van der Waals surface area contributed by atoms with Crippen molar-refractivity contribution < 1.29 is 18.3 Å². The van der Waals surface area contributed by atoms with Gasteiger partial charge in [0, 0.05) is 12.6 Å². The van der Waals surface area contributed by atoms with E-state index >= 15 is 0 Å². The summed E-state index contributed by atoms with van der Waals surface area (Å²) < 4.78 is 31.5. The van der Waals surface area contributed by atoms with Crippen molar-refractivity contribution in [2.75, 3.05) is 27.2 Å². The number of likely N-dealkylation sites (N-methyl/N-ethyl adjacent to an activating group) is 1. The first-order chi connectivity index (χ1) is 12.4. The molecule has 0 saturated heterocycles. The smallest absolute Gasteiger partial charge is 0.234 e. The highest BCUT2D eigenvalue weighted by molar-refractivity contribution is 5.78. The van der Waals surface area contributed by atoms with Crippen LogP contribution in [0.25, 0.3) is 0 Å². The fourth-order valence-corrected chi connectivity index (χ4v) is 2.58. The van der Waals surface area contributed by atoms with Crippen LogP contribution in [0.2, 0.25) is 0 Å². The van der Waals surface area contributed by atoms with Crippen LogP contribution in [-0.4, -0.2) is 38.1 Å². The molecule has 0 aliphatic rings. The van der Waals surface area contributed by atoms with Gasteiger partial charge in [0.2, 0.25) is 5.91 Å². The first-order valence-corrected chi connectivity index (χ1v) is 8.45. The Hall–Kier alpha value is -2.47. The molecule has 0 heterocycles. The summed E-state index contributed by atoms with van der Waals surface area (Å²) >= 11 is 0. The van der Waals surface area contributed by atoms with E-state index in [9.17, 15) is 13.6 Å². The van der Waals surface area contributed by atoms with Gasteiger partial charge in [-0.15, -0.1) is 0 Å². The maximum atomic E-state index is 13.4. The summed E-state index contributed by atoms with van der Waals surface area (Å²) in [7, 11) is 3.39. The Morgan fingerprint density at radius 1 is 1.15 bits per heavy atom. The van der Waals surface area contributed by atoms with Gasteiger partial charge in [-0.05, 0) is 55.8 Å². The fourth-order valence-electron chi connectivity index (χ4n) is 2.58. The molecule has 2 aromatic rings. The average Bonchev–Trinajstić information content (AvgIpc) is 2.64. The van der Waals surface area contributed by atoms with E-state index in [0.29, 0.717) is 12.1 Å². The molecule has 1 N–H and O–H groups in total. The molecule has 0 bridgehead atoms. The van der Waals surface area contributed by atoms with Crippen LogP contribution in [0, 0.1) is 11.6 Å². The number of nitrogens with one attached hydrogen (secondary N) is 1. The molecule has 26 heavy (non-hydrogen) atoms. The molecular weight excluding hydrogens is 338 g/mol. The van der Waals surface area contributed by atoms with E-state index in [0.717, 1.165) is 29.9 Å². The van der Waals surface area contributed by atoms with E-state index < -0.39 is 11.6 Å². The molecule has 1 unspecified atom stereocenters. The molecule has 4 nitrogen and oxygen atoms in total. The Balaban J connectivity index is 1.79. The number of carbonyl (C=O) groups is 1. The molecule has 6 heteroatoms. The maximum Gasteiger partial charge on any atom is 0.234 e. The normalized spacial score (nSPS) is 12.1.